The molecular formula is C21H20ClN3O5S2. The predicted molar refractivity (Wildman–Crippen MR) is 127 cm³/mol. The summed E-state index contributed by atoms with van der Waals surface area (Å²) in [5, 5.41) is 1.54. The van der Waals surface area contributed by atoms with E-state index in [4.69, 9.17) is 16.3 Å². The van der Waals surface area contributed by atoms with Gasteiger partial charge in [0.15, 0.2) is 20.3 Å². The van der Waals surface area contributed by atoms with Crippen molar-refractivity contribution in [1.82, 2.24) is 0 Å². The Hall–Kier alpha value is -2.69. The number of hydrogen-bond donors (Lipinski definition) is 1. The van der Waals surface area contributed by atoms with Crippen LogP contribution in [-0.2, 0) is 25.8 Å². The van der Waals surface area contributed by atoms with Crippen LogP contribution in [0.5, 0.6) is 5.75 Å². The first-order valence-electron chi connectivity index (χ1n) is 9.50. The Morgan fingerprint density at radius 1 is 1.22 bits per heavy atom. The predicted octanol–water partition coefficient (Wildman–Crippen LogP) is 3.39. The zero-order chi connectivity index (χ0) is 23.3. The Bertz CT molecular complexity index is 1190. The van der Waals surface area contributed by atoms with Crippen molar-refractivity contribution in [3.8, 4) is 5.75 Å². The molecule has 1 N–H and O–H groups in total. The maximum absolute atomic E-state index is 12.8. The fraction of sp³-hybridized carbons (Fsp3) is 0.238. The number of ether oxygens (including phenoxy) is 1. The Kier molecular flexibility index (Phi) is 7.70. The molecule has 1 aliphatic rings. The second-order valence-corrected chi connectivity index (χ2v) is 10.1. The minimum atomic E-state index is -3.96. The lowest BCUT2D eigenvalue weighted by molar-refractivity contribution is -0.116. The van der Waals surface area contributed by atoms with Crippen LogP contribution in [0.2, 0.25) is 5.02 Å². The summed E-state index contributed by atoms with van der Waals surface area (Å²) in [7, 11) is -2.47. The first kappa shape index (κ1) is 24.0. The van der Waals surface area contributed by atoms with Gasteiger partial charge in [0, 0.05) is 11.9 Å². The molecule has 168 valence electrons. The number of thioether (sulfide) groups is 1. The van der Waals surface area contributed by atoms with Gasteiger partial charge in [0.2, 0.25) is 5.91 Å². The number of carbonyl (C=O) groups excluding carboxylic acids is 2. The smallest absolute Gasteiger partial charge is 0.272 e. The molecule has 0 aliphatic carbocycles. The van der Waals surface area contributed by atoms with Crippen LogP contribution in [0.4, 0.5) is 5.69 Å². The van der Waals surface area contributed by atoms with Crippen molar-refractivity contribution < 1.29 is 22.7 Å². The lowest BCUT2D eigenvalue weighted by Crippen LogP contribution is -2.34. The summed E-state index contributed by atoms with van der Waals surface area (Å²) in [6.07, 6.45) is 1.83. The highest BCUT2D eigenvalue weighted by Gasteiger charge is 2.35. The van der Waals surface area contributed by atoms with Gasteiger partial charge < -0.3 is 10.1 Å². The number of carbonyl (C=O) groups is 2. The van der Waals surface area contributed by atoms with Gasteiger partial charge in [0.1, 0.15) is 5.75 Å². The average molecular weight is 494 g/mol. The third-order valence-corrected chi connectivity index (χ3v) is 7.61. The number of amidine groups is 1. The van der Waals surface area contributed by atoms with Gasteiger partial charge in [-0.25, -0.2) is 13.4 Å². The van der Waals surface area contributed by atoms with Crippen LogP contribution in [0, 0.1) is 0 Å². The van der Waals surface area contributed by atoms with E-state index in [0.717, 1.165) is 30.0 Å². The van der Waals surface area contributed by atoms with E-state index in [0.29, 0.717) is 16.5 Å². The molecule has 11 heteroatoms. The van der Waals surface area contributed by atoms with E-state index in [2.05, 4.69) is 15.3 Å². The maximum atomic E-state index is 12.8. The van der Waals surface area contributed by atoms with E-state index in [1.54, 1.807) is 30.3 Å². The van der Waals surface area contributed by atoms with Crippen molar-refractivity contribution in [2.24, 2.45) is 9.98 Å². The van der Waals surface area contributed by atoms with Crippen LogP contribution >= 0.6 is 23.4 Å². The fourth-order valence-corrected chi connectivity index (χ4v) is 5.02. The van der Waals surface area contributed by atoms with Gasteiger partial charge in [0.05, 0.1) is 22.8 Å². The third kappa shape index (κ3) is 5.56. The van der Waals surface area contributed by atoms with Crippen LogP contribution in [0.25, 0.3) is 0 Å². The monoisotopic (exact) mass is 493 g/mol. The number of benzene rings is 2. The summed E-state index contributed by atoms with van der Waals surface area (Å²) in [5.41, 5.74) is 1.46. The van der Waals surface area contributed by atoms with Gasteiger partial charge in [0.25, 0.3) is 5.91 Å². The SMILES string of the molecule is CCc1ccc(S(=O)(=O)[C@@H]2C=NC(SCC(=O)Nc3ccc(OC)c(Cl)c3)=NC2=O)cc1. The number of aryl methyl sites for hydroxylation is 1. The molecule has 0 fully saturated rings. The normalized spacial score (nSPS) is 15.9. The van der Waals surface area contributed by atoms with Crippen LogP contribution in [0.3, 0.4) is 0 Å². The number of sulfone groups is 1. The molecule has 32 heavy (non-hydrogen) atoms. The molecule has 0 spiro atoms. The van der Waals surface area contributed by atoms with Crippen molar-refractivity contribution in [3.05, 3.63) is 53.1 Å². The van der Waals surface area contributed by atoms with Crippen molar-refractivity contribution in [3.63, 3.8) is 0 Å². The van der Waals surface area contributed by atoms with Crippen LogP contribution in [0.1, 0.15) is 12.5 Å². The largest absolute Gasteiger partial charge is 0.495 e. The lowest BCUT2D eigenvalue weighted by Gasteiger charge is -2.14. The third-order valence-electron chi connectivity index (χ3n) is 4.53. The van der Waals surface area contributed by atoms with Crippen molar-refractivity contribution in [1.29, 1.82) is 0 Å². The average Bonchev–Trinajstić information content (AvgIpc) is 2.77. The number of rotatable bonds is 7. The molecule has 1 aliphatic heterocycles. The van der Waals surface area contributed by atoms with E-state index >= 15 is 0 Å². The molecule has 0 bridgehead atoms. The Balaban J connectivity index is 1.60. The Labute approximate surface area is 195 Å². The number of methoxy groups -OCH3 is 1. The highest BCUT2D eigenvalue weighted by molar-refractivity contribution is 8.14. The quantitative estimate of drug-likeness (QED) is 0.632. The molecule has 2 aromatic rings. The zero-order valence-corrected chi connectivity index (χ0v) is 19.6. The molecule has 1 heterocycles. The molecule has 1 atom stereocenters. The summed E-state index contributed by atoms with van der Waals surface area (Å²) in [4.78, 5) is 32.3. The summed E-state index contributed by atoms with van der Waals surface area (Å²) >= 11 is 6.95. The van der Waals surface area contributed by atoms with Crippen LogP contribution in [-0.4, -0.2) is 49.7 Å². The van der Waals surface area contributed by atoms with E-state index in [1.165, 1.54) is 19.2 Å². The highest BCUT2D eigenvalue weighted by atomic mass is 35.5. The van der Waals surface area contributed by atoms with Gasteiger partial charge in [-0.15, -0.1) is 0 Å². The minimum Gasteiger partial charge on any atom is -0.495 e. The highest BCUT2D eigenvalue weighted by Crippen LogP contribution is 2.27. The minimum absolute atomic E-state index is 0.0192. The molecule has 2 aromatic carbocycles. The summed E-state index contributed by atoms with van der Waals surface area (Å²) in [6.45, 7) is 1.96. The van der Waals surface area contributed by atoms with Crippen molar-refractivity contribution in [2.75, 3.05) is 18.2 Å². The van der Waals surface area contributed by atoms with Crippen LogP contribution in [0.15, 0.2) is 57.3 Å². The second kappa shape index (κ2) is 10.3. The van der Waals surface area contributed by atoms with Gasteiger partial charge in [-0.3, -0.25) is 9.59 Å². The van der Waals surface area contributed by atoms with Crippen molar-refractivity contribution >= 4 is 62.1 Å². The number of halogens is 1. The fourth-order valence-electron chi connectivity index (χ4n) is 2.80. The first-order chi connectivity index (χ1) is 15.2. The van der Waals surface area contributed by atoms with Gasteiger partial charge in [-0.1, -0.05) is 42.4 Å². The maximum Gasteiger partial charge on any atom is 0.272 e. The van der Waals surface area contributed by atoms with E-state index < -0.39 is 21.0 Å². The number of aliphatic imine (C=N–C) groups is 2. The molecule has 2 amide bonds. The summed E-state index contributed by atoms with van der Waals surface area (Å²) in [5.74, 6) is -0.811. The van der Waals surface area contributed by atoms with E-state index in [9.17, 15) is 18.0 Å². The summed E-state index contributed by atoms with van der Waals surface area (Å²) in [6, 6.07) is 11.2. The molecule has 3 rings (SSSR count). The Morgan fingerprint density at radius 3 is 2.53 bits per heavy atom. The van der Waals surface area contributed by atoms with E-state index in [-0.39, 0.29) is 21.7 Å². The molecule has 0 saturated heterocycles. The lowest BCUT2D eigenvalue weighted by atomic mass is 10.2. The van der Waals surface area contributed by atoms with Gasteiger partial charge in [-0.2, -0.15) is 4.99 Å². The van der Waals surface area contributed by atoms with Crippen LogP contribution < -0.4 is 10.1 Å². The molecule has 0 aromatic heterocycles. The molecule has 0 radical (unpaired) electrons. The molecule has 0 saturated carbocycles. The number of nitrogens with one attached hydrogen (secondary N) is 1. The summed E-state index contributed by atoms with van der Waals surface area (Å²) < 4.78 is 30.6. The molecule has 0 unspecified atom stereocenters. The number of amides is 2. The van der Waals surface area contributed by atoms with Crippen molar-refractivity contribution in [2.45, 2.75) is 23.5 Å². The topological polar surface area (TPSA) is 114 Å². The Morgan fingerprint density at radius 2 is 1.94 bits per heavy atom. The number of nitrogens with zero attached hydrogens (tertiary/aromatic N) is 2. The van der Waals surface area contributed by atoms with Gasteiger partial charge in [-0.05, 0) is 42.3 Å². The first-order valence-corrected chi connectivity index (χ1v) is 12.4. The second-order valence-electron chi connectivity index (χ2n) is 6.66. The molecule has 8 nitrogen and oxygen atoms in total. The number of hydrogen-bond acceptors (Lipinski definition) is 7. The van der Waals surface area contributed by atoms with Gasteiger partial charge >= 0.3 is 0 Å². The standard InChI is InChI=1S/C21H20ClN3O5S2/c1-3-13-4-7-15(8-5-13)32(28,29)18-11-23-21(25-20(18)27)31-12-19(26)24-14-6-9-17(30-2)16(22)10-14/h4-11,18H,3,12H2,1-2H3,(H,24,26)/t18-/m1/s1. The number of anilines is 1. The molecular weight excluding hydrogens is 474 g/mol. The van der Waals surface area contributed by atoms with E-state index in [1.807, 2.05) is 6.92 Å². The zero-order valence-electron chi connectivity index (χ0n) is 17.2.